The zero-order valence-electron chi connectivity index (χ0n) is 10.8. The summed E-state index contributed by atoms with van der Waals surface area (Å²) in [4.78, 5) is 12.4. The van der Waals surface area contributed by atoms with Gasteiger partial charge in [-0.25, -0.2) is 0 Å². The number of fused-ring (bicyclic) bond motifs is 1. The second kappa shape index (κ2) is 4.39. The van der Waals surface area contributed by atoms with E-state index in [-0.39, 0.29) is 17.4 Å². The zero-order valence-corrected chi connectivity index (χ0v) is 10.8. The number of hydrogen-bond acceptors (Lipinski definition) is 2. The largest absolute Gasteiger partial charge is 0.349 e. The lowest BCUT2D eigenvalue weighted by Gasteiger charge is -2.24. The van der Waals surface area contributed by atoms with Crippen molar-refractivity contribution in [1.29, 1.82) is 0 Å². The molecule has 2 N–H and O–H groups in total. The Morgan fingerprint density at radius 2 is 2.28 bits per heavy atom. The van der Waals surface area contributed by atoms with Gasteiger partial charge in [0, 0.05) is 6.54 Å². The number of amides is 1. The van der Waals surface area contributed by atoms with Gasteiger partial charge in [0.05, 0.1) is 11.5 Å². The van der Waals surface area contributed by atoms with Crippen molar-refractivity contribution in [3.05, 3.63) is 35.4 Å². The van der Waals surface area contributed by atoms with E-state index in [0.717, 1.165) is 32.4 Å². The summed E-state index contributed by atoms with van der Waals surface area (Å²) in [5, 5.41) is 6.52. The molecule has 0 bridgehead atoms. The fourth-order valence-corrected chi connectivity index (χ4v) is 3.05. The molecule has 1 heterocycles. The lowest BCUT2D eigenvalue weighted by atomic mass is 9.88. The number of hydrogen-bond donors (Lipinski definition) is 2. The van der Waals surface area contributed by atoms with Crippen molar-refractivity contribution in [2.24, 2.45) is 5.41 Å². The van der Waals surface area contributed by atoms with E-state index in [9.17, 15) is 4.79 Å². The second-order valence-electron chi connectivity index (χ2n) is 5.75. The Labute approximate surface area is 108 Å². The van der Waals surface area contributed by atoms with E-state index in [1.807, 2.05) is 0 Å². The highest BCUT2D eigenvalue weighted by Crippen LogP contribution is 2.33. The quantitative estimate of drug-likeness (QED) is 0.832. The molecular weight excluding hydrogens is 224 g/mol. The summed E-state index contributed by atoms with van der Waals surface area (Å²) in [6, 6.07) is 8.65. The van der Waals surface area contributed by atoms with E-state index < -0.39 is 0 Å². The number of aryl methyl sites for hydroxylation is 1. The fraction of sp³-hybridized carbons (Fsp3) is 0.533. The molecule has 3 heteroatoms. The number of carbonyl (C=O) groups excluding carboxylic acids is 1. The fourth-order valence-electron chi connectivity index (χ4n) is 3.05. The molecule has 1 saturated heterocycles. The maximum Gasteiger partial charge on any atom is 0.227 e. The lowest BCUT2D eigenvalue weighted by Crippen LogP contribution is -2.41. The smallest absolute Gasteiger partial charge is 0.227 e. The Kier molecular flexibility index (Phi) is 2.86. The van der Waals surface area contributed by atoms with Crippen LogP contribution in [-0.2, 0) is 11.2 Å². The molecule has 96 valence electrons. The molecule has 2 atom stereocenters. The SMILES string of the molecule is CC1(C(=O)NC2CCc3ccccc32)CCNC1. The summed E-state index contributed by atoms with van der Waals surface area (Å²) in [7, 11) is 0. The summed E-state index contributed by atoms with van der Waals surface area (Å²) >= 11 is 0. The number of nitrogens with one attached hydrogen (secondary N) is 2. The molecule has 18 heavy (non-hydrogen) atoms. The molecule has 1 aromatic rings. The first kappa shape index (κ1) is 11.7. The van der Waals surface area contributed by atoms with Crippen LogP contribution in [0.1, 0.15) is 36.9 Å². The van der Waals surface area contributed by atoms with Gasteiger partial charge in [-0.05, 0) is 43.9 Å². The average Bonchev–Trinajstić information content (AvgIpc) is 2.98. The molecule has 1 aromatic carbocycles. The second-order valence-corrected chi connectivity index (χ2v) is 5.75. The molecule has 0 saturated carbocycles. The van der Waals surface area contributed by atoms with Crippen LogP contribution >= 0.6 is 0 Å². The molecule has 0 radical (unpaired) electrons. The van der Waals surface area contributed by atoms with Crippen molar-refractivity contribution in [1.82, 2.24) is 10.6 Å². The van der Waals surface area contributed by atoms with Crippen LogP contribution in [0.2, 0.25) is 0 Å². The average molecular weight is 244 g/mol. The first-order valence-electron chi connectivity index (χ1n) is 6.78. The predicted octanol–water partition coefficient (Wildman–Crippen LogP) is 1.79. The summed E-state index contributed by atoms with van der Waals surface area (Å²) in [5.41, 5.74) is 2.47. The van der Waals surface area contributed by atoms with Crippen LogP contribution in [0.4, 0.5) is 0 Å². The third kappa shape index (κ3) is 1.93. The van der Waals surface area contributed by atoms with Gasteiger partial charge in [-0.3, -0.25) is 4.79 Å². The van der Waals surface area contributed by atoms with Crippen molar-refractivity contribution < 1.29 is 4.79 Å². The van der Waals surface area contributed by atoms with Crippen molar-refractivity contribution in [2.75, 3.05) is 13.1 Å². The lowest BCUT2D eigenvalue weighted by molar-refractivity contribution is -0.130. The van der Waals surface area contributed by atoms with Crippen LogP contribution < -0.4 is 10.6 Å². The van der Waals surface area contributed by atoms with E-state index in [1.165, 1.54) is 11.1 Å². The first-order chi connectivity index (χ1) is 8.69. The zero-order chi connectivity index (χ0) is 12.6. The molecule has 2 aliphatic rings. The van der Waals surface area contributed by atoms with E-state index in [0.29, 0.717) is 0 Å². The topological polar surface area (TPSA) is 41.1 Å². The van der Waals surface area contributed by atoms with Crippen molar-refractivity contribution in [2.45, 2.75) is 32.2 Å². The molecule has 2 unspecified atom stereocenters. The summed E-state index contributed by atoms with van der Waals surface area (Å²) in [5.74, 6) is 0.203. The van der Waals surface area contributed by atoms with Crippen LogP contribution in [0.5, 0.6) is 0 Å². The Morgan fingerprint density at radius 1 is 1.44 bits per heavy atom. The van der Waals surface area contributed by atoms with Gasteiger partial charge in [0.25, 0.3) is 0 Å². The Balaban J connectivity index is 1.73. The minimum atomic E-state index is -0.225. The van der Waals surface area contributed by atoms with Crippen LogP contribution in [-0.4, -0.2) is 19.0 Å². The normalized spacial score (nSPS) is 30.2. The van der Waals surface area contributed by atoms with Gasteiger partial charge in [-0.1, -0.05) is 24.3 Å². The van der Waals surface area contributed by atoms with Gasteiger partial charge in [-0.2, -0.15) is 0 Å². The standard InChI is InChI=1S/C15H20N2O/c1-15(8-9-16-10-15)14(18)17-13-7-6-11-4-2-3-5-12(11)13/h2-5,13,16H,6-10H2,1H3,(H,17,18). The highest BCUT2D eigenvalue weighted by Gasteiger charge is 2.38. The van der Waals surface area contributed by atoms with Gasteiger partial charge >= 0.3 is 0 Å². The van der Waals surface area contributed by atoms with Crippen LogP contribution in [0.3, 0.4) is 0 Å². The summed E-state index contributed by atoms with van der Waals surface area (Å²) in [6.45, 7) is 3.81. The third-order valence-corrected chi connectivity index (χ3v) is 4.36. The van der Waals surface area contributed by atoms with Gasteiger partial charge in [-0.15, -0.1) is 0 Å². The summed E-state index contributed by atoms with van der Waals surface area (Å²) in [6.07, 6.45) is 3.05. The molecular formula is C15H20N2O. The Hall–Kier alpha value is -1.35. The first-order valence-corrected chi connectivity index (χ1v) is 6.78. The molecule has 3 nitrogen and oxygen atoms in total. The molecule has 0 aromatic heterocycles. The van der Waals surface area contributed by atoms with Gasteiger partial charge in [0.15, 0.2) is 0 Å². The molecule has 3 rings (SSSR count). The van der Waals surface area contributed by atoms with Crippen molar-refractivity contribution in [3.63, 3.8) is 0 Å². The molecule has 0 spiro atoms. The molecule has 1 amide bonds. The molecule has 1 aliphatic heterocycles. The Bertz CT molecular complexity index is 463. The monoisotopic (exact) mass is 244 g/mol. The van der Waals surface area contributed by atoms with Crippen LogP contribution in [0.25, 0.3) is 0 Å². The maximum atomic E-state index is 12.4. The maximum absolute atomic E-state index is 12.4. The Morgan fingerprint density at radius 3 is 3.06 bits per heavy atom. The van der Waals surface area contributed by atoms with Crippen LogP contribution in [0, 0.1) is 5.41 Å². The minimum Gasteiger partial charge on any atom is -0.349 e. The molecule has 1 fully saturated rings. The third-order valence-electron chi connectivity index (χ3n) is 4.36. The van der Waals surface area contributed by atoms with Gasteiger partial charge in [0.2, 0.25) is 5.91 Å². The van der Waals surface area contributed by atoms with Gasteiger partial charge < -0.3 is 10.6 Å². The van der Waals surface area contributed by atoms with Crippen LogP contribution in [0.15, 0.2) is 24.3 Å². The van der Waals surface area contributed by atoms with E-state index in [2.05, 4.69) is 41.8 Å². The number of rotatable bonds is 2. The predicted molar refractivity (Wildman–Crippen MR) is 71.2 cm³/mol. The van der Waals surface area contributed by atoms with E-state index >= 15 is 0 Å². The number of benzene rings is 1. The summed E-state index contributed by atoms with van der Waals surface area (Å²) < 4.78 is 0. The van der Waals surface area contributed by atoms with Crippen molar-refractivity contribution in [3.8, 4) is 0 Å². The highest BCUT2D eigenvalue weighted by atomic mass is 16.2. The molecule has 1 aliphatic carbocycles. The van der Waals surface area contributed by atoms with Gasteiger partial charge in [0.1, 0.15) is 0 Å². The van der Waals surface area contributed by atoms with E-state index in [4.69, 9.17) is 0 Å². The highest BCUT2D eigenvalue weighted by molar-refractivity contribution is 5.83. The number of carbonyl (C=O) groups is 1. The van der Waals surface area contributed by atoms with Crippen molar-refractivity contribution >= 4 is 5.91 Å². The minimum absolute atomic E-state index is 0.203. The van der Waals surface area contributed by atoms with E-state index in [1.54, 1.807) is 0 Å².